The number of hydrogen-bond donors (Lipinski definition) is 6. The minimum atomic E-state index is -1.33. The van der Waals surface area contributed by atoms with Crippen LogP contribution in [0.25, 0.3) is 0 Å². The summed E-state index contributed by atoms with van der Waals surface area (Å²) >= 11 is 0. The molecule has 6 N–H and O–H groups in total. The Morgan fingerprint density at radius 1 is 0.754 bits per heavy atom. The Bertz CT molecular complexity index is 1710. The van der Waals surface area contributed by atoms with Crippen molar-refractivity contribution in [2.45, 2.75) is 154 Å². The van der Waals surface area contributed by atoms with E-state index in [2.05, 4.69) is 41.4 Å². The predicted octanol–water partition coefficient (Wildman–Crippen LogP) is 3.55. The average molecular weight is 854 g/mol. The van der Waals surface area contributed by atoms with Gasteiger partial charge in [-0.15, -0.1) is 0 Å². The highest BCUT2D eigenvalue weighted by Crippen LogP contribution is 2.41. The van der Waals surface area contributed by atoms with Crippen LogP contribution >= 0.6 is 0 Å². The summed E-state index contributed by atoms with van der Waals surface area (Å²) in [4.78, 5) is 110. The first kappa shape index (κ1) is 48.4. The molecule has 7 amide bonds. The third-order valence-corrected chi connectivity index (χ3v) is 12.3. The molecule has 0 radical (unpaired) electrons. The van der Waals surface area contributed by atoms with E-state index in [1.54, 1.807) is 11.8 Å². The molecular formula is C44H67N7O10. The van der Waals surface area contributed by atoms with E-state index in [4.69, 9.17) is 0 Å². The standard InChI is InChI=1S/C44H67N7O10/c1-8-17-30(35(52)40(56)46-26(2)27-18-11-9-12-19-27)47-38(54)33-24-29-22-15-16-23-32(29)51(33)41(57)36(44(3,4)5)50-39(55)34(28-20-13-10-14-21-28)49-37(53)31(48-43(59)61-7)25-45-42(58)60-6/h9,11-12,18-19,26,28-34,36H,8,10,13-17,20-25H2,1-7H3,(H,45,58)(H,46,56)(H,47,54)(H,48,59)(H,49,53)(H,50,55)/t26-,29-,30?,31?,32-,33-,34?,36+/m0/s1. The number of benzene rings is 1. The summed E-state index contributed by atoms with van der Waals surface area (Å²) in [5.74, 6) is -4.21. The highest BCUT2D eigenvalue weighted by Gasteiger charge is 2.51. The molecule has 2 saturated carbocycles. The van der Waals surface area contributed by atoms with Crippen LogP contribution in [0.5, 0.6) is 0 Å². The minimum Gasteiger partial charge on any atom is -0.453 e. The number of Topliss-reactive ketones (excluding diaryl/α,β-unsaturated/α-hetero) is 1. The van der Waals surface area contributed by atoms with Gasteiger partial charge in [-0.25, -0.2) is 9.59 Å². The van der Waals surface area contributed by atoms with E-state index >= 15 is 4.79 Å². The number of rotatable bonds is 17. The normalized spacial score (nSPS) is 21.5. The molecule has 8 atom stereocenters. The summed E-state index contributed by atoms with van der Waals surface area (Å²) in [6.45, 7) is 8.70. The Kier molecular flexibility index (Phi) is 17.9. The van der Waals surface area contributed by atoms with Gasteiger partial charge in [0.2, 0.25) is 29.4 Å². The van der Waals surface area contributed by atoms with Gasteiger partial charge in [-0.05, 0) is 68.3 Å². The molecule has 3 unspecified atom stereocenters. The zero-order valence-corrected chi connectivity index (χ0v) is 36.8. The zero-order valence-electron chi connectivity index (χ0n) is 36.8. The fraction of sp³-hybridized carbons (Fsp3) is 0.682. The number of carbonyl (C=O) groups excluding carboxylic acids is 8. The SMILES string of the molecule is CCCC(NC(=O)[C@@H]1C[C@@H]2CCCC[C@@H]2N1C(=O)[C@@H](NC(=O)C(NC(=O)C(CNC(=O)OC)NC(=O)OC)C1CCCCC1)C(C)(C)C)C(=O)C(=O)N[C@@H](C)c1ccccc1. The highest BCUT2D eigenvalue weighted by atomic mass is 16.5. The Morgan fingerprint density at radius 3 is 2.02 bits per heavy atom. The van der Waals surface area contributed by atoms with Gasteiger partial charge in [0.15, 0.2) is 0 Å². The monoisotopic (exact) mass is 853 g/mol. The van der Waals surface area contributed by atoms with E-state index in [1.165, 1.54) is 0 Å². The van der Waals surface area contributed by atoms with Crippen LogP contribution in [0, 0.1) is 17.3 Å². The van der Waals surface area contributed by atoms with Crippen LogP contribution in [-0.4, -0.2) is 109 Å². The largest absolute Gasteiger partial charge is 0.453 e. The Hall–Kier alpha value is -5.22. The summed E-state index contributed by atoms with van der Waals surface area (Å²) in [6.07, 6.45) is 6.45. The van der Waals surface area contributed by atoms with Gasteiger partial charge in [0.05, 0.1) is 32.8 Å². The molecule has 1 aliphatic heterocycles. The Morgan fingerprint density at radius 2 is 1.39 bits per heavy atom. The fourth-order valence-corrected chi connectivity index (χ4v) is 8.90. The van der Waals surface area contributed by atoms with Gasteiger partial charge in [0, 0.05) is 6.04 Å². The summed E-state index contributed by atoms with van der Waals surface area (Å²) < 4.78 is 9.30. The van der Waals surface area contributed by atoms with Gasteiger partial charge in [-0.2, -0.15) is 0 Å². The van der Waals surface area contributed by atoms with Crippen molar-refractivity contribution in [2.75, 3.05) is 20.8 Å². The van der Waals surface area contributed by atoms with Crippen molar-refractivity contribution in [3.05, 3.63) is 35.9 Å². The smallest absolute Gasteiger partial charge is 0.407 e. The maximum absolute atomic E-state index is 15.1. The molecule has 1 saturated heterocycles. The minimum absolute atomic E-state index is 0.0206. The Balaban J connectivity index is 1.59. The van der Waals surface area contributed by atoms with E-state index in [-0.39, 0.29) is 30.8 Å². The predicted molar refractivity (Wildman–Crippen MR) is 225 cm³/mol. The van der Waals surface area contributed by atoms with Crippen LogP contribution in [0.15, 0.2) is 30.3 Å². The van der Waals surface area contributed by atoms with Crippen LogP contribution in [0.2, 0.25) is 0 Å². The average Bonchev–Trinajstić information content (AvgIpc) is 3.65. The summed E-state index contributed by atoms with van der Waals surface area (Å²) in [5, 5.41) is 16.2. The van der Waals surface area contributed by atoms with Gasteiger partial charge in [-0.1, -0.05) is 96.6 Å². The lowest BCUT2D eigenvalue weighted by molar-refractivity contribution is -0.147. The third-order valence-electron chi connectivity index (χ3n) is 12.3. The molecule has 3 aliphatic rings. The molecule has 4 rings (SSSR count). The van der Waals surface area contributed by atoms with Crippen LogP contribution in [0.1, 0.15) is 123 Å². The molecule has 3 fully saturated rings. The molecule has 1 aromatic rings. The second-order valence-electron chi connectivity index (χ2n) is 17.7. The van der Waals surface area contributed by atoms with Crippen molar-refractivity contribution in [1.82, 2.24) is 36.8 Å². The van der Waals surface area contributed by atoms with Crippen molar-refractivity contribution >= 4 is 47.5 Å². The lowest BCUT2D eigenvalue weighted by Crippen LogP contribution is -2.64. The van der Waals surface area contributed by atoms with E-state index in [9.17, 15) is 33.6 Å². The summed E-state index contributed by atoms with van der Waals surface area (Å²) in [7, 11) is 2.28. The van der Waals surface area contributed by atoms with Crippen LogP contribution < -0.4 is 31.9 Å². The molecule has 2 aliphatic carbocycles. The first-order valence-electron chi connectivity index (χ1n) is 21.8. The third kappa shape index (κ3) is 13.1. The molecule has 338 valence electrons. The molecular weight excluding hydrogens is 787 g/mol. The van der Waals surface area contributed by atoms with Gasteiger partial charge in [0.1, 0.15) is 24.2 Å². The lowest BCUT2D eigenvalue weighted by Gasteiger charge is -2.40. The number of nitrogens with zero attached hydrogens (tertiary/aromatic N) is 1. The molecule has 1 heterocycles. The second-order valence-corrected chi connectivity index (χ2v) is 17.7. The molecule has 17 nitrogen and oxygen atoms in total. The lowest BCUT2D eigenvalue weighted by atomic mass is 9.81. The van der Waals surface area contributed by atoms with Gasteiger partial charge in [-0.3, -0.25) is 28.8 Å². The molecule has 1 aromatic carbocycles. The number of hydrogen-bond acceptors (Lipinski definition) is 10. The molecule has 0 aromatic heterocycles. The van der Waals surface area contributed by atoms with E-state index in [1.807, 2.05) is 58.0 Å². The number of fused-ring (bicyclic) bond motifs is 1. The Labute approximate surface area is 359 Å². The number of alkyl carbamates (subject to hydrolysis) is 2. The van der Waals surface area contributed by atoms with E-state index in [0.29, 0.717) is 32.1 Å². The number of nitrogens with one attached hydrogen (secondary N) is 6. The number of ketones is 1. The fourth-order valence-electron chi connectivity index (χ4n) is 8.90. The van der Waals surface area contributed by atoms with Gasteiger partial charge >= 0.3 is 12.2 Å². The van der Waals surface area contributed by atoms with Gasteiger partial charge in [0.25, 0.3) is 5.91 Å². The van der Waals surface area contributed by atoms with Crippen LogP contribution in [0.3, 0.4) is 0 Å². The first-order valence-corrected chi connectivity index (χ1v) is 21.8. The number of ether oxygens (including phenoxy) is 2. The molecule has 0 bridgehead atoms. The quantitative estimate of drug-likeness (QED) is 0.125. The summed E-state index contributed by atoms with van der Waals surface area (Å²) in [5.41, 5.74) is -0.0435. The maximum atomic E-state index is 15.1. The number of methoxy groups -OCH3 is 2. The molecule has 0 spiro atoms. The zero-order chi connectivity index (χ0) is 44.9. The number of amides is 7. The van der Waals surface area contributed by atoms with Crippen molar-refractivity contribution in [2.24, 2.45) is 17.3 Å². The van der Waals surface area contributed by atoms with Crippen LogP contribution in [-0.2, 0) is 38.2 Å². The topological polar surface area (TPSA) is 230 Å². The second kappa shape index (κ2) is 22.6. The van der Waals surface area contributed by atoms with Crippen molar-refractivity contribution < 1.29 is 47.8 Å². The van der Waals surface area contributed by atoms with E-state index < -0.39 is 89.2 Å². The van der Waals surface area contributed by atoms with E-state index in [0.717, 1.165) is 58.3 Å². The first-order chi connectivity index (χ1) is 29.0. The molecule has 17 heteroatoms. The maximum Gasteiger partial charge on any atom is 0.407 e. The molecule has 61 heavy (non-hydrogen) atoms. The van der Waals surface area contributed by atoms with Crippen molar-refractivity contribution in [1.29, 1.82) is 0 Å². The van der Waals surface area contributed by atoms with Crippen molar-refractivity contribution in [3.63, 3.8) is 0 Å². The highest BCUT2D eigenvalue weighted by molar-refractivity contribution is 6.38. The van der Waals surface area contributed by atoms with Crippen LogP contribution in [0.4, 0.5) is 9.59 Å². The van der Waals surface area contributed by atoms with Gasteiger partial charge < -0.3 is 46.3 Å². The number of likely N-dealkylation sites (tertiary alicyclic amines) is 1. The number of carbonyl (C=O) groups is 8. The summed E-state index contributed by atoms with van der Waals surface area (Å²) in [6, 6.07) is 2.85. The van der Waals surface area contributed by atoms with Crippen molar-refractivity contribution in [3.8, 4) is 0 Å².